The SMILES string of the molecule is CN[C@@H]1CC[C@H](C(=O)N[C@@H](Cc2ccc(Cl)cc2)C(=O)N2CCC(N3C(=O)C(C)(C)c4ccccc43)CC2)C1. The van der Waals surface area contributed by atoms with Gasteiger partial charge in [-0.1, -0.05) is 41.9 Å². The Morgan fingerprint density at radius 2 is 1.72 bits per heavy atom. The number of nitrogens with zero attached hydrogens (tertiary/aromatic N) is 2. The van der Waals surface area contributed by atoms with Crippen LogP contribution in [-0.2, 0) is 26.2 Å². The second kappa shape index (κ2) is 11.3. The maximum Gasteiger partial charge on any atom is 0.245 e. The van der Waals surface area contributed by atoms with Gasteiger partial charge in [-0.3, -0.25) is 14.4 Å². The van der Waals surface area contributed by atoms with Gasteiger partial charge in [0, 0.05) is 48.2 Å². The molecule has 7 nitrogen and oxygen atoms in total. The zero-order chi connectivity index (χ0) is 27.7. The van der Waals surface area contributed by atoms with E-state index in [4.69, 9.17) is 11.6 Å². The highest BCUT2D eigenvalue weighted by molar-refractivity contribution is 6.30. The molecule has 208 valence electrons. The van der Waals surface area contributed by atoms with Crippen LogP contribution in [0.4, 0.5) is 5.69 Å². The Bertz CT molecular complexity index is 1220. The van der Waals surface area contributed by atoms with Gasteiger partial charge in [0.1, 0.15) is 6.04 Å². The average molecular weight is 551 g/mol. The number of fused-ring (bicyclic) bond motifs is 1. The summed E-state index contributed by atoms with van der Waals surface area (Å²) in [6, 6.07) is 15.2. The molecule has 3 amide bonds. The molecule has 1 saturated carbocycles. The van der Waals surface area contributed by atoms with Crippen molar-refractivity contribution in [2.24, 2.45) is 5.92 Å². The van der Waals surface area contributed by atoms with Gasteiger partial charge in [-0.25, -0.2) is 0 Å². The fraction of sp³-hybridized carbons (Fsp3) is 0.516. The molecule has 0 aromatic heterocycles. The number of halogens is 1. The third-order valence-corrected chi connectivity index (χ3v) is 9.16. The summed E-state index contributed by atoms with van der Waals surface area (Å²) in [5, 5.41) is 7.01. The lowest BCUT2D eigenvalue weighted by atomic mass is 9.86. The molecule has 3 aliphatic rings. The van der Waals surface area contributed by atoms with E-state index in [1.165, 1.54) is 0 Å². The fourth-order valence-corrected chi connectivity index (χ4v) is 6.62. The third-order valence-electron chi connectivity index (χ3n) is 8.91. The van der Waals surface area contributed by atoms with E-state index < -0.39 is 11.5 Å². The lowest BCUT2D eigenvalue weighted by molar-refractivity contribution is -0.138. The number of hydrogen-bond acceptors (Lipinski definition) is 4. The lowest BCUT2D eigenvalue weighted by Crippen LogP contribution is -2.55. The van der Waals surface area contributed by atoms with Crippen molar-refractivity contribution in [3.63, 3.8) is 0 Å². The number of nitrogens with one attached hydrogen (secondary N) is 2. The highest BCUT2D eigenvalue weighted by Crippen LogP contribution is 2.43. The zero-order valence-corrected chi connectivity index (χ0v) is 23.8. The molecule has 0 bridgehead atoms. The molecule has 1 aliphatic carbocycles. The molecular weight excluding hydrogens is 512 g/mol. The Labute approximate surface area is 236 Å². The Hall–Kier alpha value is -2.90. The van der Waals surface area contributed by atoms with Crippen molar-refractivity contribution in [1.29, 1.82) is 0 Å². The minimum Gasteiger partial charge on any atom is -0.344 e. The molecule has 5 rings (SSSR count). The van der Waals surface area contributed by atoms with Crippen molar-refractivity contribution >= 4 is 35.0 Å². The molecule has 1 saturated heterocycles. The monoisotopic (exact) mass is 550 g/mol. The molecule has 3 atom stereocenters. The molecule has 0 radical (unpaired) electrons. The first-order chi connectivity index (χ1) is 18.7. The Morgan fingerprint density at radius 1 is 1.03 bits per heavy atom. The van der Waals surface area contributed by atoms with Gasteiger partial charge in [-0.2, -0.15) is 0 Å². The number of likely N-dealkylation sites (tertiary alicyclic amines) is 1. The van der Waals surface area contributed by atoms with Crippen LogP contribution >= 0.6 is 11.6 Å². The van der Waals surface area contributed by atoms with Gasteiger partial charge < -0.3 is 20.4 Å². The Morgan fingerprint density at radius 3 is 2.38 bits per heavy atom. The molecule has 2 aromatic rings. The normalized spacial score (nSPS) is 23.5. The summed E-state index contributed by atoms with van der Waals surface area (Å²) in [7, 11) is 1.93. The molecule has 2 heterocycles. The molecule has 0 spiro atoms. The van der Waals surface area contributed by atoms with E-state index in [0.29, 0.717) is 43.4 Å². The summed E-state index contributed by atoms with van der Waals surface area (Å²) in [6.45, 7) is 5.07. The lowest BCUT2D eigenvalue weighted by Gasteiger charge is -2.39. The number of carbonyl (C=O) groups excluding carboxylic acids is 3. The fourth-order valence-electron chi connectivity index (χ4n) is 6.49. The van der Waals surface area contributed by atoms with E-state index in [-0.39, 0.29) is 29.7 Å². The molecule has 8 heteroatoms. The van der Waals surface area contributed by atoms with E-state index in [9.17, 15) is 14.4 Å². The molecule has 2 fully saturated rings. The van der Waals surface area contributed by atoms with Crippen molar-refractivity contribution in [3.05, 3.63) is 64.7 Å². The van der Waals surface area contributed by atoms with Crippen LogP contribution in [0.5, 0.6) is 0 Å². The zero-order valence-electron chi connectivity index (χ0n) is 23.1. The minimum atomic E-state index is -0.642. The van der Waals surface area contributed by atoms with Crippen molar-refractivity contribution in [3.8, 4) is 0 Å². The van der Waals surface area contributed by atoms with Gasteiger partial charge in [0.2, 0.25) is 17.7 Å². The highest BCUT2D eigenvalue weighted by Gasteiger charge is 2.47. The Kier molecular flexibility index (Phi) is 8.01. The topological polar surface area (TPSA) is 81.8 Å². The maximum absolute atomic E-state index is 13.8. The average Bonchev–Trinajstić information content (AvgIpc) is 3.51. The van der Waals surface area contributed by atoms with E-state index in [1.807, 2.05) is 79.2 Å². The van der Waals surface area contributed by atoms with Crippen LogP contribution in [0, 0.1) is 5.92 Å². The Balaban J connectivity index is 1.28. The molecular formula is C31H39ClN4O3. The second-order valence-electron chi connectivity index (χ2n) is 11.8. The second-order valence-corrected chi connectivity index (χ2v) is 12.2. The van der Waals surface area contributed by atoms with Crippen molar-refractivity contribution in [1.82, 2.24) is 15.5 Å². The predicted molar refractivity (Wildman–Crippen MR) is 154 cm³/mol. The summed E-state index contributed by atoms with van der Waals surface area (Å²) in [5.41, 5.74) is 2.45. The number of anilines is 1. The van der Waals surface area contributed by atoms with Crippen LogP contribution in [-0.4, -0.2) is 60.9 Å². The van der Waals surface area contributed by atoms with Crippen molar-refractivity contribution < 1.29 is 14.4 Å². The first-order valence-electron chi connectivity index (χ1n) is 14.1. The van der Waals surface area contributed by atoms with Crippen LogP contribution < -0.4 is 15.5 Å². The van der Waals surface area contributed by atoms with Gasteiger partial charge in [0.25, 0.3) is 0 Å². The van der Waals surface area contributed by atoms with Crippen LogP contribution in [0.25, 0.3) is 0 Å². The number of benzene rings is 2. The number of carbonyl (C=O) groups is 3. The van der Waals surface area contributed by atoms with Gasteiger partial charge >= 0.3 is 0 Å². The van der Waals surface area contributed by atoms with Crippen LogP contribution in [0.1, 0.15) is 57.1 Å². The summed E-state index contributed by atoms with van der Waals surface area (Å²) in [6.07, 6.45) is 4.40. The predicted octanol–water partition coefficient (Wildman–Crippen LogP) is 4.07. The molecule has 39 heavy (non-hydrogen) atoms. The molecule has 2 N–H and O–H groups in total. The van der Waals surface area contributed by atoms with Gasteiger partial charge in [-0.05, 0) is 82.3 Å². The first kappa shape index (κ1) is 27.7. The van der Waals surface area contributed by atoms with E-state index >= 15 is 0 Å². The maximum atomic E-state index is 13.8. The van der Waals surface area contributed by atoms with Gasteiger partial charge in [-0.15, -0.1) is 0 Å². The quantitative estimate of drug-likeness (QED) is 0.544. The van der Waals surface area contributed by atoms with Crippen LogP contribution in [0.3, 0.4) is 0 Å². The molecule has 2 aliphatic heterocycles. The largest absolute Gasteiger partial charge is 0.344 e. The van der Waals surface area contributed by atoms with Crippen LogP contribution in [0.2, 0.25) is 5.02 Å². The number of hydrogen-bond donors (Lipinski definition) is 2. The third kappa shape index (κ3) is 5.57. The molecule has 2 aromatic carbocycles. The summed E-state index contributed by atoms with van der Waals surface area (Å²) >= 11 is 6.08. The highest BCUT2D eigenvalue weighted by atomic mass is 35.5. The standard InChI is InChI=1S/C31H39ClN4O3/c1-31(2)25-6-4-5-7-27(25)36(30(31)39)24-14-16-35(17-15-24)29(38)26(18-20-8-11-22(32)12-9-20)34-28(37)21-10-13-23(19-21)33-3/h4-9,11-12,21,23-24,26,33H,10,13-19H2,1-3H3,(H,34,37)/t21-,23+,26-/m0/s1. The number of amides is 3. The van der Waals surface area contributed by atoms with E-state index in [2.05, 4.69) is 10.6 Å². The summed E-state index contributed by atoms with van der Waals surface area (Å²) < 4.78 is 0. The summed E-state index contributed by atoms with van der Waals surface area (Å²) in [5.74, 6) is -0.0686. The number of piperidine rings is 1. The molecule has 0 unspecified atom stereocenters. The van der Waals surface area contributed by atoms with Crippen LogP contribution in [0.15, 0.2) is 48.5 Å². The van der Waals surface area contributed by atoms with Crippen molar-refractivity contribution in [2.45, 2.75) is 75.9 Å². The number of rotatable bonds is 7. The number of para-hydroxylation sites is 1. The minimum absolute atomic E-state index is 0.0450. The van der Waals surface area contributed by atoms with Crippen molar-refractivity contribution in [2.75, 3.05) is 25.0 Å². The van der Waals surface area contributed by atoms with E-state index in [1.54, 1.807) is 0 Å². The van der Waals surface area contributed by atoms with Gasteiger partial charge in [0.15, 0.2) is 0 Å². The van der Waals surface area contributed by atoms with Gasteiger partial charge in [0.05, 0.1) is 5.41 Å². The summed E-state index contributed by atoms with van der Waals surface area (Å²) in [4.78, 5) is 44.3. The van der Waals surface area contributed by atoms with E-state index in [0.717, 1.165) is 36.1 Å². The smallest absolute Gasteiger partial charge is 0.245 e. The first-order valence-corrected chi connectivity index (χ1v) is 14.5.